The minimum atomic E-state index is -0.718. The Morgan fingerprint density at radius 3 is 2.57 bits per heavy atom. The van der Waals surface area contributed by atoms with Crippen molar-refractivity contribution >= 4 is 11.9 Å². The summed E-state index contributed by atoms with van der Waals surface area (Å²) in [4.78, 5) is 23.7. The van der Waals surface area contributed by atoms with E-state index in [1.165, 1.54) is 7.11 Å². The Kier molecular flexibility index (Phi) is 8.68. The second-order valence-electron chi connectivity index (χ2n) is 6.30. The van der Waals surface area contributed by atoms with E-state index in [1.54, 1.807) is 6.92 Å². The third-order valence-corrected chi connectivity index (χ3v) is 4.93. The van der Waals surface area contributed by atoms with Gasteiger partial charge in [-0.05, 0) is 43.9 Å². The van der Waals surface area contributed by atoms with E-state index in [4.69, 9.17) is 9.47 Å². The van der Waals surface area contributed by atoms with Gasteiger partial charge in [0.25, 0.3) is 0 Å². The van der Waals surface area contributed by atoms with Gasteiger partial charge in [-0.15, -0.1) is 0 Å². The van der Waals surface area contributed by atoms with E-state index in [2.05, 4.69) is 13.0 Å². The van der Waals surface area contributed by atoms with Crippen molar-refractivity contribution in [3.05, 3.63) is 0 Å². The zero-order valence-electron chi connectivity index (χ0n) is 14.5. The molecule has 0 aliphatic heterocycles. The molecule has 0 aromatic rings. The number of carbonyl (C=O) groups excluding carboxylic acids is 2. The predicted octanol–water partition coefficient (Wildman–Crippen LogP) is 3.48. The number of hydrogen-bond acceptors (Lipinski definition) is 5. The lowest BCUT2D eigenvalue weighted by molar-refractivity contribution is -0.148. The lowest BCUT2D eigenvalue weighted by atomic mass is 9.77. The Balaban J connectivity index is 2.83. The largest absolute Gasteiger partial charge is 0.469 e. The molecule has 130 valence electrons. The molecule has 0 aromatic carbocycles. The number of unbranched alkanes of at least 4 members (excludes halogenated alkanes) is 2. The summed E-state index contributed by atoms with van der Waals surface area (Å²) in [6.45, 7) is 4.18. The van der Waals surface area contributed by atoms with Crippen LogP contribution in [0.5, 0.6) is 0 Å². The third-order valence-electron chi connectivity index (χ3n) is 4.93. The summed E-state index contributed by atoms with van der Waals surface area (Å²) >= 11 is 0. The molecule has 0 bridgehead atoms. The fraction of sp³-hybridized carbons (Fsp3) is 0.833. The zero-order chi connectivity index (χ0) is 17.2. The van der Waals surface area contributed by atoms with E-state index in [9.17, 15) is 14.9 Å². The molecular weight excluding hydrogens is 294 g/mol. The minimum Gasteiger partial charge on any atom is -0.469 e. The van der Waals surface area contributed by atoms with Crippen LogP contribution < -0.4 is 0 Å². The standard InChI is InChI=1S/C18H29NO4/c1-4-6-7-8-14-13(11-17(20)22-3)9-10-15(14)16(12-19)18(21)23-5-2/h13-16H,4-11H2,1-3H3. The molecule has 0 heterocycles. The zero-order valence-corrected chi connectivity index (χ0v) is 14.5. The van der Waals surface area contributed by atoms with E-state index in [1.807, 2.05) is 0 Å². The van der Waals surface area contributed by atoms with Crippen LogP contribution in [0.2, 0.25) is 0 Å². The van der Waals surface area contributed by atoms with Gasteiger partial charge in [0.2, 0.25) is 0 Å². The van der Waals surface area contributed by atoms with Crippen molar-refractivity contribution in [1.82, 2.24) is 0 Å². The molecule has 0 spiro atoms. The molecule has 5 nitrogen and oxygen atoms in total. The molecule has 1 rings (SSSR count). The van der Waals surface area contributed by atoms with Crippen LogP contribution >= 0.6 is 0 Å². The number of methoxy groups -OCH3 is 1. The highest BCUT2D eigenvalue weighted by atomic mass is 16.5. The lowest BCUT2D eigenvalue weighted by Gasteiger charge is -2.26. The Morgan fingerprint density at radius 1 is 1.26 bits per heavy atom. The summed E-state index contributed by atoms with van der Waals surface area (Å²) in [6, 6.07) is 2.15. The first kappa shape index (κ1) is 19.5. The average Bonchev–Trinajstić information content (AvgIpc) is 2.91. The number of rotatable bonds is 9. The summed E-state index contributed by atoms with van der Waals surface area (Å²) in [5.74, 6) is -0.931. The van der Waals surface area contributed by atoms with E-state index in [-0.39, 0.29) is 30.3 Å². The quantitative estimate of drug-likeness (QED) is 0.479. The Labute approximate surface area is 139 Å². The van der Waals surface area contributed by atoms with E-state index < -0.39 is 11.9 Å². The SMILES string of the molecule is CCCCCC1C(CC(=O)OC)CCC1C(C#N)C(=O)OCC. The highest BCUT2D eigenvalue weighted by Crippen LogP contribution is 2.45. The average molecular weight is 323 g/mol. The summed E-state index contributed by atoms with van der Waals surface area (Å²) in [6.07, 6.45) is 6.33. The molecule has 1 aliphatic rings. The fourth-order valence-corrected chi connectivity index (χ4v) is 3.78. The molecule has 0 aromatic heterocycles. The number of esters is 2. The predicted molar refractivity (Wildman–Crippen MR) is 86.2 cm³/mol. The Bertz CT molecular complexity index is 429. The maximum absolute atomic E-state index is 12.1. The summed E-state index contributed by atoms with van der Waals surface area (Å²) in [5, 5.41) is 9.44. The molecule has 23 heavy (non-hydrogen) atoms. The van der Waals surface area contributed by atoms with Crippen LogP contribution in [-0.4, -0.2) is 25.7 Å². The van der Waals surface area contributed by atoms with Crippen molar-refractivity contribution < 1.29 is 19.1 Å². The van der Waals surface area contributed by atoms with Gasteiger partial charge in [0.1, 0.15) is 5.92 Å². The van der Waals surface area contributed by atoms with Gasteiger partial charge in [0.05, 0.1) is 19.8 Å². The van der Waals surface area contributed by atoms with Crippen LogP contribution in [0.25, 0.3) is 0 Å². The summed E-state index contributed by atoms with van der Waals surface area (Å²) in [5.41, 5.74) is 0. The van der Waals surface area contributed by atoms with Crippen molar-refractivity contribution in [2.75, 3.05) is 13.7 Å². The smallest absolute Gasteiger partial charge is 0.323 e. The van der Waals surface area contributed by atoms with Gasteiger partial charge in [-0.2, -0.15) is 5.26 Å². The Morgan fingerprint density at radius 2 is 2.00 bits per heavy atom. The molecule has 0 saturated heterocycles. The Hall–Kier alpha value is -1.57. The fourth-order valence-electron chi connectivity index (χ4n) is 3.78. The lowest BCUT2D eigenvalue weighted by Crippen LogP contribution is -2.29. The molecule has 0 N–H and O–H groups in total. The molecular formula is C18H29NO4. The molecule has 4 atom stereocenters. The third kappa shape index (κ3) is 5.53. The highest BCUT2D eigenvalue weighted by molar-refractivity contribution is 5.75. The van der Waals surface area contributed by atoms with Crippen molar-refractivity contribution in [1.29, 1.82) is 5.26 Å². The van der Waals surface area contributed by atoms with Crippen LogP contribution in [0, 0.1) is 35.0 Å². The first-order valence-electron chi connectivity index (χ1n) is 8.72. The first-order chi connectivity index (χ1) is 11.1. The van der Waals surface area contributed by atoms with Crippen LogP contribution in [-0.2, 0) is 19.1 Å². The number of nitriles is 1. The van der Waals surface area contributed by atoms with Crippen LogP contribution in [0.1, 0.15) is 58.8 Å². The van der Waals surface area contributed by atoms with E-state index in [0.717, 1.165) is 38.5 Å². The van der Waals surface area contributed by atoms with Crippen LogP contribution in [0.15, 0.2) is 0 Å². The van der Waals surface area contributed by atoms with E-state index in [0.29, 0.717) is 6.42 Å². The van der Waals surface area contributed by atoms with Gasteiger partial charge in [-0.1, -0.05) is 26.2 Å². The maximum Gasteiger partial charge on any atom is 0.323 e. The summed E-state index contributed by atoms with van der Waals surface area (Å²) < 4.78 is 9.86. The van der Waals surface area contributed by atoms with Crippen molar-refractivity contribution in [2.45, 2.75) is 58.8 Å². The first-order valence-corrected chi connectivity index (χ1v) is 8.72. The van der Waals surface area contributed by atoms with Crippen molar-refractivity contribution in [3.8, 4) is 6.07 Å². The number of carbonyl (C=O) groups is 2. The van der Waals surface area contributed by atoms with Gasteiger partial charge < -0.3 is 9.47 Å². The van der Waals surface area contributed by atoms with Gasteiger partial charge in [0.15, 0.2) is 0 Å². The van der Waals surface area contributed by atoms with Crippen LogP contribution in [0.4, 0.5) is 0 Å². The van der Waals surface area contributed by atoms with Gasteiger partial charge in [-0.25, -0.2) is 0 Å². The molecule has 1 saturated carbocycles. The van der Waals surface area contributed by atoms with Gasteiger partial charge in [0, 0.05) is 6.42 Å². The van der Waals surface area contributed by atoms with Crippen molar-refractivity contribution in [2.24, 2.45) is 23.7 Å². The topological polar surface area (TPSA) is 76.4 Å². The second-order valence-corrected chi connectivity index (χ2v) is 6.30. The highest BCUT2D eigenvalue weighted by Gasteiger charge is 2.43. The van der Waals surface area contributed by atoms with Crippen molar-refractivity contribution in [3.63, 3.8) is 0 Å². The van der Waals surface area contributed by atoms with Crippen LogP contribution in [0.3, 0.4) is 0 Å². The maximum atomic E-state index is 12.1. The number of hydrogen-bond donors (Lipinski definition) is 0. The summed E-state index contributed by atoms with van der Waals surface area (Å²) in [7, 11) is 1.40. The van der Waals surface area contributed by atoms with Gasteiger partial charge >= 0.3 is 11.9 Å². The molecule has 1 aliphatic carbocycles. The number of ether oxygens (including phenoxy) is 2. The molecule has 4 unspecified atom stereocenters. The molecule has 1 fully saturated rings. The van der Waals surface area contributed by atoms with Gasteiger partial charge in [-0.3, -0.25) is 9.59 Å². The normalized spacial score (nSPS) is 24.7. The number of nitrogens with zero attached hydrogens (tertiary/aromatic N) is 1. The van der Waals surface area contributed by atoms with E-state index >= 15 is 0 Å². The molecule has 0 amide bonds. The monoisotopic (exact) mass is 323 g/mol. The molecule has 5 heteroatoms. The molecule has 0 radical (unpaired) electrons. The minimum absolute atomic E-state index is 0.00874. The second kappa shape index (κ2) is 10.3.